The molecule has 5 nitrogen and oxygen atoms in total. The number of sulfonamides is 1. The summed E-state index contributed by atoms with van der Waals surface area (Å²) in [6.07, 6.45) is 0. The summed E-state index contributed by atoms with van der Waals surface area (Å²) in [6.45, 7) is 0. The molecule has 0 saturated carbocycles. The maximum atomic E-state index is 12.1. The number of para-hydroxylation sites is 1. The van der Waals surface area contributed by atoms with Crippen molar-refractivity contribution < 1.29 is 13.2 Å². The minimum atomic E-state index is -3.51. The molecule has 0 atom stereocenters. The number of ether oxygens (including phenoxy) is 1. The van der Waals surface area contributed by atoms with Crippen LogP contribution in [-0.4, -0.2) is 26.8 Å². The zero-order chi connectivity index (χ0) is 14.8. The van der Waals surface area contributed by atoms with Crippen molar-refractivity contribution in [2.75, 3.05) is 19.8 Å². The van der Waals surface area contributed by atoms with Crippen molar-refractivity contribution in [3.8, 4) is 11.5 Å². The molecule has 2 N–H and O–H groups in total. The molecule has 0 saturated heterocycles. The molecule has 2 aromatic carbocycles. The summed E-state index contributed by atoms with van der Waals surface area (Å²) in [6, 6.07) is 13.5. The van der Waals surface area contributed by atoms with Gasteiger partial charge in [-0.15, -0.1) is 0 Å². The van der Waals surface area contributed by atoms with Crippen LogP contribution in [0.4, 0.5) is 5.69 Å². The van der Waals surface area contributed by atoms with Gasteiger partial charge in [0.2, 0.25) is 10.0 Å². The number of nitrogens with two attached hydrogens (primary N) is 1. The molecule has 0 aliphatic carbocycles. The van der Waals surface area contributed by atoms with Crippen LogP contribution in [0.5, 0.6) is 11.5 Å². The first-order chi connectivity index (χ1) is 9.41. The van der Waals surface area contributed by atoms with Gasteiger partial charge in [-0.25, -0.2) is 12.7 Å². The molecule has 0 heterocycles. The Labute approximate surface area is 118 Å². The van der Waals surface area contributed by atoms with Gasteiger partial charge in [-0.3, -0.25) is 0 Å². The van der Waals surface area contributed by atoms with Crippen LogP contribution in [0.15, 0.2) is 53.4 Å². The highest BCUT2D eigenvalue weighted by atomic mass is 32.2. The van der Waals surface area contributed by atoms with Crippen molar-refractivity contribution in [1.82, 2.24) is 4.31 Å². The number of anilines is 1. The van der Waals surface area contributed by atoms with Gasteiger partial charge < -0.3 is 10.5 Å². The van der Waals surface area contributed by atoms with E-state index in [1.807, 2.05) is 18.2 Å². The average molecular weight is 292 g/mol. The molecule has 0 aliphatic rings. The Morgan fingerprint density at radius 1 is 1.05 bits per heavy atom. The monoisotopic (exact) mass is 292 g/mol. The van der Waals surface area contributed by atoms with Gasteiger partial charge in [0, 0.05) is 20.2 Å². The van der Waals surface area contributed by atoms with Gasteiger partial charge in [-0.1, -0.05) is 18.2 Å². The van der Waals surface area contributed by atoms with Crippen molar-refractivity contribution in [2.45, 2.75) is 4.90 Å². The van der Waals surface area contributed by atoms with E-state index in [2.05, 4.69) is 0 Å². The standard InChI is InChI=1S/C14H16N2O3S/c1-16(2)20(17,18)12-8-9-13(15)14(10-12)19-11-6-4-3-5-7-11/h3-10H,15H2,1-2H3. The second-order valence-electron chi connectivity index (χ2n) is 4.40. The zero-order valence-corrected chi connectivity index (χ0v) is 12.1. The third-order valence-electron chi connectivity index (χ3n) is 2.73. The van der Waals surface area contributed by atoms with E-state index in [1.54, 1.807) is 12.1 Å². The van der Waals surface area contributed by atoms with Crippen LogP contribution in [-0.2, 0) is 10.0 Å². The largest absolute Gasteiger partial charge is 0.455 e. The summed E-state index contributed by atoms with van der Waals surface area (Å²) in [5.41, 5.74) is 6.20. The third-order valence-corrected chi connectivity index (χ3v) is 4.55. The number of nitrogen functional groups attached to an aromatic ring is 1. The zero-order valence-electron chi connectivity index (χ0n) is 11.3. The van der Waals surface area contributed by atoms with E-state index in [0.29, 0.717) is 17.2 Å². The van der Waals surface area contributed by atoms with Crippen LogP contribution in [0, 0.1) is 0 Å². The number of rotatable bonds is 4. The van der Waals surface area contributed by atoms with Crippen molar-refractivity contribution in [3.63, 3.8) is 0 Å². The quantitative estimate of drug-likeness (QED) is 0.878. The smallest absolute Gasteiger partial charge is 0.242 e. The molecule has 0 spiro atoms. The molecule has 0 fully saturated rings. The lowest BCUT2D eigenvalue weighted by molar-refractivity contribution is 0.481. The molecule has 0 aliphatic heterocycles. The van der Waals surface area contributed by atoms with Gasteiger partial charge in [0.1, 0.15) is 5.75 Å². The van der Waals surface area contributed by atoms with Gasteiger partial charge in [0.05, 0.1) is 10.6 Å². The van der Waals surface area contributed by atoms with Crippen LogP contribution < -0.4 is 10.5 Å². The number of hydrogen-bond acceptors (Lipinski definition) is 4. The first-order valence-electron chi connectivity index (χ1n) is 5.96. The fourth-order valence-electron chi connectivity index (χ4n) is 1.59. The first-order valence-corrected chi connectivity index (χ1v) is 7.40. The molecule has 6 heteroatoms. The van der Waals surface area contributed by atoms with E-state index in [-0.39, 0.29) is 4.90 Å². The minimum absolute atomic E-state index is 0.141. The predicted molar refractivity (Wildman–Crippen MR) is 78.2 cm³/mol. The molecule has 0 aromatic heterocycles. The molecule has 0 bridgehead atoms. The lowest BCUT2D eigenvalue weighted by Crippen LogP contribution is -2.22. The van der Waals surface area contributed by atoms with Crippen molar-refractivity contribution >= 4 is 15.7 Å². The predicted octanol–water partition coefficient (Wildman–Crippen LogP) is 2.31. The Hall–Kier alpha value is -2.05. The molecule has 2 aromatic rings. The van der Waals surface area contributed by atoms with Crippen molar-refractivity contribution in [1.29, 1.82) is 0 Å². The number of nitrogens with zero attached hydrogens (tertiary/aromatic N) is 1. The maximum Gasteiger partial charge on any atom is 0.242 e. The summed E-state index contributed by atoms with van der Waals surface area (Å²) < 4.78 is 30.9. The van der Waals surface area contributed by atoms with Gasteiger partial charge in [0.25, 0.3) is 0 Å². The Morgan fingerprint density at radius 3 is 2.30 bits per heavy atom. The Kier molecular flexibility index (Phi) is 3.96. The molecule has 0 amide bonds. The molecule has 0 radical (unpaired) electrons. The van der Waals surface area contributed by atoms with Crippen LogP contribution in [0.1, 0.15) is 0 Å². The Bertz CT molecular complexity index is 698. The van der Waals surface area contributed by atoms with E-state index in [0.717, 1.165) is 4.31 Å². The number of benzene rings is 2. The van der Waals surface area contributed by atoms with E-state index in [9.17, 15) is 8.42 Å². The first kappa shape index (κ1) is 14.4. The van der Waals surface area contributed by atoms with Crippen LogP contribution in [0.2, 0.25) is 0 Å². The van der Waals surface area contributed by atoms with Gasteiger partial charge in [-0.2, -0.15) is 0 Å². The highest BCUT2D eigenvalue weighted by Crippen LogP contribution is 2.30. The van der Waals surface area contributed by atoms with Crippen LogP contribution in [0.3, 0.4) is 0 Å². The summed E-state index contributed by atoms with van der Waals surface area (Å²) in [5.74, 6) is 0.915. The third kappa shape index (κ3) is 2.92. The lowest BCUT2D eigenvalue weighted by Gasteiger charge is -2.14. The second kappa shape index (κ2) is 5.52. The number of hydrogen-bond donors (Lipinski definition) is 1. The van der Waals surface area contributed by atoms with Crippen LogP contribution in [0.25, 0.3) is 0 Å². The van der Waals surface area contributed by atoms with Gasteiger partial charge in [-0.05, 0) is 24.3 Å². The molecular formula is C14H16N2O3S. The Balaban J connectivity index is 2.40. The van der Waals surface area contributed by atoms with Gasteiger partial charge >= 0.3 is 0 Å². The van der Waals surface area contributed by atoms with E-state index in [4.69, 9.17) is 10.5 Å². The minimum Gasteiger partial charge on any atom is -0.455 e. The molecular weight excluding hydrogens is 276 g/mol. The molecule has 20 heavy (non-hydrogen) atoms. The summed E-state index contributed by atoms with van der Waals surface area (Å²) >= 11 is 0. The fourth-order valence-corrected chi connectivity index (χ4v) is 2.51. The lowest BCUT2D eigenvalue weighted by atomic mass is 10.3. The highest BCUT2D eigenvalue weighted by Gasteiger charge is 2.18. The summed E-state index contributed by atoms with van der Waals surface area (Å²) in [4.78, 5) is 0.141. The normalized spacial score (nSPS) is 11.6. The molecule has 106 valence electrons. The highest BCUT2D eigenvalue weighted by molar-refractivity contribution is 7.89. The Morgan fingerprint density at radius 2 is 1.70 bits per heavy atom. The van der Waals surface area contributed by atoms with E-state index < -0.39 is 10.0 Å². The van der Waals surface area contributed by atoms with Gasteiger partial charge in [0.15, 0.2) is 5.75 Å². The molecule has 2 rings (SSSR count). The molecule has 0 unspecified atom stereocenters. The van der Waals surface area contributed by atoms with Crippen molar-refractivity contribution in [3.05, 3.63) is 48.5 Å². The SMILES string of the molecule is CN(C)S(=O)(=O)c1ccc(N)c(Oc2ccccc2)c1. The average Bonchev–Trinajstić information content (AvgIpc) is 2.42. The topological polar surface area (TPSA) is 72.6 Å². The second-order valence-corrected chi connectivity index (χ2v) is 6.55. The van der Waals surface area contributed by atoms with Crippen molar-refractivity contribution in [2.24, 2.45) is 0 Å². The summed E-state index contributed by atoms with van der Waals surface area (Å²) in [7, 11) is -0.559. The van der Waals surface area contributed by atoms with Crippen LogP contribution >= 0.6 is 0 Å². The van der Waals surface area contributed by atoms with E-state index in [1.165, 1.54) is 32.3 Å². The summed E-state index contributed by atoms with van der Waals surface area (Å²) in [5, 5.41) is 0. The van der Waals surface area contributed by atoms with E-state index >= 15 is 0 Å². The maximum absolute atomic E-state index is 12.1. The fraction of sp³-hybridized carbons (Fsp3) is 0.143.